The lowest BCUT2D eigenvalue weighted by Crippen LogP contribution is -2.20. The zero-order valence-corrected chi connectivity index (χ0v) is 18.2. The molecule has 0 aromatic heterocycles. The largest absolute Gasteiger partial charge is 0.504 e. The lowest BCUT2D eigenvalue weighted by Gasteiger charge is -2.22. The number of hydrogen-bond acceptors (Lipinski definition) is 3. The van der Waals surface area contributed by atoms with Crippen LogP contribution in [0.1, 0.15) is 22.6 Å². The summed E-state index contributed by atoms with van der Waals surface area (Å²) in [5.74, 6) is 0.0295. The smallest absolute Gasteiger partial charge is 0.165 e. The molecule has 30 heavy (non-hydrogen) atoms. The molecule has 3 nitrogen and oxygen atoms in total. The van der Waals surface area contributed by atoms with Crippen LogP contribution >= 0.6 is 17.0 Å². The fraction of sp³-hybridized carbons (Fsp3) is 0.154. The third-order valence-corrected chi connectivity index (χ3v) is 5.94. The molecule has 1 heterocycles. The van der Waals surface area contributed by atoms with Gasteiger partial charge in [0.1, 0.15) is 0 Å². The Morgan fingerprint density at radius 2 is 1.53 bits per heavy atom. The highest BCUT2D eigenvalue weighted by molar-refractivity contribution is 8.93. The Labute approximate surface area is 186 Å². The maximum absolute atomic E-state index is 10.9. The lowest BCUT2D eigenvalue weighted by atomic mass is 9.83. The van der Waals surface area contributed by atoms with Crippen LogP contribution in [-0.2, 0) is 6.42 Å². The fourth-order valence-corrected chi connectivity index (χ4v) is 4.51. The van der Waals surface area contributed by atoms with E-state index < -0.39 is 0 Å². The molecule has 0 saturated carbocycles. The van der Waals surface area contributed by atoms with Gasteiger partial charge in [-0.15, -0.1) is 17.0 Å². The van der Waals surface area contributed by atoms with Gasteiger partial charge in [0, 0.05) is 18.0 Å². The second-order valence-electron chi connectivity index (χ2n) is 7.67. The molecule has 0 fully saturated rings. The maximum atomic E-state index is 10.9. The average molecular weight is 462 g/mol. The molecule has 1 aliphatic rings. The van der Waals surface area contributed by atoms with Crippen LogP contribution in [0.3, 0.4) is 0 Å². The first-order valence-corrected chi connectivity index (χ1v) is 10.0. The van der Waals surface area contributed by atoms with Gasteiger partial charge in [0.05, 0.1) is 0 Å². The van der Waals surface area contributed by atoms with E-state index in [-0.39, 0.29) is 34.4 Å². The Kier molecular flexibility index (Phi) is 5.80. The predicted octanol–water partition coefficient (Wildman–Crippen LogP) is 5.77. The molecule has 0 amide bonds. The zero-order chi connectivity index (χ0) is 19.8. The Hall–Kier alpha value is -2.82. The van der Waals surface area contributed by atoms with Crippen molar-refractivity contribution in [3.63, 3.8) is 0 Å². The van der Waals surface area contributed by atoms with Gasteiger partial charge in [0.25, 0.3) is 0 Å². The Morgan fingerprint density at radius 3 is 2.33 bits per heavy atom. The molecule has 4 aromatic rings. The van der Waals surface area contributed by atoms with Gasteiger partial charge in [-0.3, -0.25) is 0 Å². The van der Waals surface area contributed by atoms with Gasteiger partial charge in [0.15, 0.2) is 11.5 Å². The molecule has 0 aliphatic carbocycles. The number of nitrogens with one attached hydrogen (secondary N) is 1. The highest BCUT2D eigenvalue weighted by Crippen LogP contribution is 2.45. The van der Waals surface area contributed by atoms with Crippen LogP contribution in [0, 0.1) is 0 Å². The van der Waals surface area contributed by atoms with E-state index in [0.29, 0.717) is 0 Å². The van der Waals surface area contributed by atoms with Crippen LogP contribution in [0.2, 0.25) is 0 Å². The number of rotatable bonds is 2. The molecule has 4 heteroatoms. The number of phenols is 2. The van der Waals surface area contributed by atoms with Crippen molar-refractivity contribution in [1.29, 1.82) is 0 Å². The minimum absolute atomic E-state index is 0. The lowest BCUT2D eigenvalue weighted by molar-refractivity contribution is 0.404. The minimum Gasteiger partial charge on any atom is -0.504 e. The molecule has 5 rings (SSSR count). The number of halogens is 1. The Morgan fingerprint density at radius 1 is 0.800 bits per heavy atom. The van der Waals surface area contributed by atoms with Gasteiger partial charge < -0.3 is 15.5 Å². The van der Waals surface area contributed by atoms with Crippen molar-refractivity contribution >= 4 is 27.8 Å². The van der Waals surface area contributed by atoms with Crippen molar-refractivity contribution in [2.75, 3.05) is 13.1 Å². The monoisotopic (exact) mass is 461 g/mol. The van der Waals surface area contributed by atoms with Crippen LogP contribution in [0.4, 0.5) is 0 Å². The predicted molar refractivity (Wildman–Crippen MR) is 128 cm³/mol. The number of hydrogen-bond donors (Lipinski definition) is 3. The maximum Gasteiger partial charge on any atom is 0.165 e. The van der Waals surface area contributed by atoms with Crippen LogP contribution in [0.15, 0.2) is 78.9 Å². The molecule has 152 valence electrons. The number of benzene rings is 4. The van der Waals surface area contributed by atoms with Gasteiger partial charge in [-0.25, -0.2) is 0 Å². The second kappa shape index (κ2) is 8.50. The quantitative estimate of drug-likeness (QED) is 0.332. The molecule has 0 radical (unpaired) electrons. The van der Waals surface area contributed by atoms with Gasteiger partial charge in [-0.2, -0.15) is 0 Å². The minimum atomic E-state index is -0.0604. The van der Waals surface area contributed by atoms with E-state index in [4.69, 9.17) is 0 Å². The summed E-state index contributed by atoms with van der Waals surface area (Å²) in [5.41, 5.74) is 5.07. The van der Waals surface area contributed by atoms with Crippen molar-refractivity contribution in [2.45, 2.75) is 12.3 Å². The van der Waals surface area contributed by atoms with Crippen LogP contribution in [0.25, 0.3) is 21.9 Å². The van der Waals surface area contributed by atoms with Gasteiger partial charge in [0.2, 0.25) is 0 Å². The van der Waals surface area contributed by atoms with Crippen LogP contribution in [-0.4, -0.2) is 23.3 Å². The third kappa shape index (κ3) is 3.57. The van der Waals surface area contributed by atoms with E-state index in [9.17, 15) is 10.2 Å². The van der Waals surface area contributed by atoms with Crippen molar-refractivity contribution in [3.8, 4) is 22.6 Å². The summed E-state index contributed by atoms with van der Waals surface area (Å²) >= 11 is 0. The summed E-state index contributed by atoms with van der Waals surface area (Å²) in [4.78, 5) is 0. The fourth-order valence-electron chi connectivity index (χ4n) is 4.51. The van der Waals surface area contributed by atoms with Crippen molar-refractivity contribution in [3.05, 3.63) is 95.6 Å². The molecule has 1 unspecified atom stereocenters. The first-order chi connectivity index (χ1) is 14.2. The molecule has 0 spiro atoms. The van der Waals surface area contributed by atoms with E-state index in [1.807, 2.05) is 36.4 Å². The average Bonchev–Trinajstić information content (AvgIpc) is 2.97. The van der Waals surface area contributed by atoms with E-state index >= 15 is 0 Å². The zero-order valence-electron chi connectivity index (χ0n) is 16.5. The van der Waals surface area contributed by atoms with E-state index in [0.717, 1.165) is 52.5 Å². The highest BCUT2D eigenvalue weighted by atomic mass is 79.9. The van der Waals surface area contributed by atoms with Crippen molar-refractivity contribution in [1.82, 2.24) is 5.32 Å². The normalized spacial score (nSPS) is 15.8. The summed E-state index contributed by atoms with van der Waals surface area (Å²) in [6, 6.07) is 26.5. The van der Waals surface area contributed by atoms with Crippen molar-refractivity contribution in [2.24, 2.45) is 0 Å². The number of phenolic OH excluding ortho intramolecular Hbond substituents is 2. The standard InChI is InChI=1S/C26H23NO2.BrH/c28-24-15-22-21(12-13-27-16-23(22)18-7-2-1-3-8-18)25(26(24)29)20-11-10-17-6-4-5-9-19(17)14-20;/h1-11,14-15,23,27-29H,12-13,16H2;1H. The van der Waals surface area contributed by atoms with E-state index in [2.05, 4.69) is 41.7 Å². The summed E-state index contributed by atoms with van der Waals surface area (Å²) in [6.07, 6.45) is 0.800. The summed E-state index contributed by atoms with van der Waals surface area (Å²) < 4.78 is 0. The molecule has 1 aliphatic heterocycles. The molecule has 0 saturated heterocycles. The van der Waals surface area contributed by atoms with Gasteiger partial charge >= 0.3 is 0 Å². The summed E-state index contributed by atoms with van der Waals surface area (Å²) in [7, 11) is 0. The number of aromatic hydroxyl groups is 2. The van der Waals surface area contributed by atoms with E-state index in [1.54, 1.807) is 6.07 Å². The Bertz CT molecular complexity index is 1190. The van der Waals surface area contributed by atoms with Crippen molar-refractivity contribution < 1.29 is 10.2 Å². The molecular weight excluding hydrogens is 438 g/mol. The summed E-state index contributed by atoms with van der Waals surface area (Å²) in [5, 5.41) is 27.3. The van der Waals surface area contributed by atoms with E-state index in [1.165, 1.54) is 5.56 Å². The first-order valence-electron chi connectivity index (χ1n) is 10.0. The molecule has 1 atom stereocenters. The SMILES string of the molecule is Br.Oc1cc2c(c(-c3ccc4ccccc4c3)c1O)CCNCC2c1ccccc1. The molecule has 4 aromatic carbocycles. The summed E-state index contributed by atoms with van der Waals surface area (Å²) in [6.45, 7) is 1.64. The highest BCUT2D eigenvalue weighted by Gasteiger charge is 2.26. The molecule has 0 bridgehead atoms. The molecular formula is C26H24BrNO2. The van der Waals surface area contributed by atoms with Gasteiger partial charge in [-0.1, -0.05) is 66.7 Å². The second-order valence-corrected chi connectivity index (χ2v) is 7.67. The number of fused-ring (bicyclic) bond motifs is 2. The topological polar surface area (TPSA) is 52.5 Å². The third-order valence-electron chi connectivity index (χ3n) is 5.94. The van der Waals surface area contributed by atoms with Crippen LogP contribution < -0.4 is 5.32 Å². The Balaban J connectivity index is 0.00000218. The van der Waals surface area contributed by atoms with Gasteiger partial charge in [-0.05, 0) is 58.1 Å². The first kappa shape index (κ1) is 20.5. The van der Waals surface area contributed by atoms with Crippen LogP contribution in [0.5, 0.6) is 11.5 Å². The molecule has 3 N–H and O–H groups in total.